The van der Waals surface area contributed by atoms with Gasteiger partial charge in [-0.05, 0) is 45.1 Å². The number of benzene rings is 1. The fourth-order valence-electron chi connectivity index (χ4n) is 4.31. The predicted molar refractivity (Wildman–Crippen MR) is 145 cm³/mol. The van der Waals surface area contributed by atoms with Gasteiger partial charge >= 0.3 is 0 Å². The molecule has 0 spiro atoms. The van der Waals surface area contributed by atoms with E-state index in [1.54, 1.807) is 0 Å². The number of hydrogen-bond acceptors (Lipinski definition) is 5. The van der Waals surface area contributed by atoms with Gasteiger partial charge in [-0.1, -0.05) is 30.3 Å². The summed E-state index contributed by atoms with van der Waals surface area (Å²) in [5.41, 5.74) is 1.25. The SMILES string of the molecule is CCNC(=NCC1(NC(C)c2ccccc2)CCOCC1)NCCCOCC1CCOC1.I. The van der Waals surface area contributed by atoms with Gasteiger partial charge in [0.25, 0.3) is 0 Å². The van der Waals surface area contributed by atoms with Crippen molar-refractivity contribution in [3.63, 3.8) is 0 Å². The highest BCUT2D eigenvalue weighted by molar-refractivity contribution is 14.0. The van der Waals surface area contributed by atoms with Crippen molar-refractivity contribution in [1.29, 1.82) is 0 Å². The van der Waals surface area contributed by atoms with Crippen LogP contribution >= 0.6 is 24.0 Å². The zero-order valence-electron chi connectivity index (χ0n) is 20.3. The van der Waals surface area contributed by atoms with Gasteiger partial charge in [0.05, 0.1) is 19.8 Å². The van der Waals surface area contributed by atoms with Crippen LogP contribution in [0.5, 0.6) is 0 Å². The standard InChI is InChI=1S/C25H42N4O3.HI/c1-3-26-24(27-13-7-14-31-18-22-10-15-32-19-22)28-20-25(11-16-30-17-12-25)29-21(2)23-8-5-4-6-9-23;/h4-6,8-9,21-22,29H,3,7,10-20H2,1-2H3,(H2,26,27,28);1H. The largest absolute Gasteiger partial charge is 0.381 e. The third kappa shape index (κ3) is 10.1. The van der Waals surface area contributed by atoms with Crippen molar-refractivity contribution >= 4 is 29.9 Å². The monoisotopic (exact) mass is 574 g/mol. The number of hydrogen-bond donors (Lipinski definition) is 3. The van der Waals surface area contributed by atoms with Crippen LogP contribution in [0.1, 0.15) is 51.1 Å². The Morgan fingerprint density at radius 2 is 1.94 bits per heavy atom. The van der Waals surface area contributed by atoms with Crippen LogP contribution in [0.2, 0.25) is 0 Å². The summed E-state index contributed by atoms with van der Waals surface area (Å²) in [6.07, 6.45) is 4.01. The van der Waals surface area contributed by atoms with Crippen LogP contribution in [0.3, 0.4) is 0 Å². The zero-order chi connectivity index (χ0) is 22.5. The van der Waals surface area contributed by atoms with Gasteiger partial charge < -0.3 is 30.2 Å². The molecule has 0 aliphatic carbocycles. The summed E-state index contributed by atoms with van der Waals surface area (Å²) in [7, 11) is 0. The quantitative estimate of drug-likeness (QED) is 0.154. The van der Waals surface area contributed by atoms with Gasteiger partial charge in [0.1, 0.15) is 0 Å². The number of ether oxygens (including phenoxy) is 3. The van der Waals surface area contributed by atoms with Crippen LogP contribution < -0.4 is 16.0 Å². The van der Waals surface area contributed by atoms with E-state index in [9.17, 15) is 0 Å². The lowest BCUT2D eigenvalue weighted by atomic mass is 9.88. The number of rotatable bonds is 12. The normalized spacial score (nSPS) is 21.3. The average Bonchev–Trinajstić information content (AvgIpc) is 3.34. The minimum atomic E-state index is -0.0533. The van der Waals surface area contributed by atoms with E-state index in [0.717, 1.165) is 90.9 Å². The number of nitrogens with zero attached hydrogens (tertiary/aromatic N) is 1. The maximum Gasteiger partial charge on any atom is 0.191 e. The molecule has 188 valence electrons. The first-order valence-corrected chi connectivity index (χ1v) is 12.3. The van der Waals surface area contributed by atoms with Gasteiger partial charge in [0, 0.05) is 57.0 Å². The molecule has 2 heterocycles. The Labute approximate surface area is 216 Å². The van der Waals surface area contributed by atoms with Crippen molar-refractivity contribution in [3.05, 3.63) is 35.9 Å². The van der Waals surface area contributed by atoms with Crippen LogP contribution in [0.15, 0.2) is 35.3 Å². The molecule has 7 nitrogen and oxygen atoms in total. The third-order valence-electron chi connectivity index (χ3n) is 6.29. The highest BCUT2D eigenvalue weighted by atomic mass is 127. The van der Waals surface area contributed by atoms with Crippen molar-refractivity contribution in [2.75, 3.05) is 59.3 Å². The molecule has 2 aliphatic heterocycles. The Balaban J connectivity index is 0.00000385. The van der Waals surface area contributed by atoms with Gasteiger partial charge in [-0.3, -0.25) is 4.99 Å². The van der Waals surface area contributed by atoms with Gasteiger partial charge in [-0.2, -0.15) is 0 Å². The Morgan fingerprint density at radius 1 is 1.15 bits per heavy atom. The fourth-order valence-corrected chi connectivity index (χ4v) is 4.31. The first-order chi connectivity index (χ1) is 15.7. The van der Waals surface area contributed by atoms with E-state index in [1.165, 1.54) is 5.56 Å². The van der Waals surface area contributed by atoms with E-state index >= 15 is 0 Å². The number of aliphatic imine (C=N–C) groups is 1. The summed E-state index contributed by atoms with van der Waals surface area (Å²) >= 11 is 0. The zero-order valence-corrected chi connectivity index (χ0v) is 22.6. The van der Waals surface area contributed by atoms with Crippen LogP contribution in [0, 0.1) is 5.92 Å². The lowest BCUT2D eigenvalue weighted by Crippen LogP contribution is -2.53. The van der Waals surface area contributed by atoms with E-state index in [-0.39, 0.29) is 35.6 Å². The second-order valence-electron chi connectivity index (χ2n) is 8.95. The van der Waals surface area contributed by atoms with Crippen LogP contribution in [-0.2, 0) is 14.2 Å². The Bertz CT molecular complexity index is 665. The Hall–Kier alpha value is -0.940. The predicted octanol–water partition coefficient (Wildman–Crippen LogP) is 3.50. The molecular weight excluding hydrogens is 531 g/mol. The summed E-state index contributed by atoms with van der Waals surface area (Å²) in [6, 6.07) is 10.9. The fraction of sp³-hybridized carbons (Fsp3) is 0.720. The molecule has 3 rings (SSSR count). The maximum absolute atomic E-state index is 5.81. The number of nitrogens with one attached hydrogen (secondary N) is 3. The summed E-state index contributed by atoms with van der Waals surface area (Å²) in [4.78, 5) is 4.96. The molecule has 33 heavy (non-hydrogen) atoms. The summed E-state index contributed by atoms with van der Waals surface area (Å²) in [5, 5.41) is 10.7. The lowest BCUT2D eigenvalue weighted by molar-refractivity contribution is 0.0374. The van der Waals surface area contributed by atoms with E-state index in [4.69, 9.17) is 19.2 Å². The summed E-state index contributed by atoms with van der Waals surface area (Å²) < 4.78 is 16.9. The molecule has 2 atom stereocenters. The van der Waals surface area contributed by atoms with Crippen molar-refractivity contribution in [2.24, 2.45) is 10.9 Å². The van der Waals surface area contributed by atoms with Gasteiger partial charge in [-0.25, -0.2) is 0 Å². The van der Waals surface area contributed by atoms with Gasteiger partial charge in [0.15, 0.2) is 5.96 Å². The minimum Gasteiger partial charge on any atom is -0.381 e. The molecule has 1 aromatic rings. The Kier molecular flexibility index (Phi) is 13.6. The van der Waals surface area contributed by atoms with Crippen LogP contribution in [-0.4, -0.2) is 70.8 Å². The Morgan fingerprint density at radius 3 is 2.64 bits per heavy atom. The van der Waals surface area contributed by atoms with E-state index in [0.29, 0.717) is 5.92 Å². The van der Waals surface area contributed by atoms with E-state index in [1.807, 2.05) is 0 Å². The molecule has 0 amide bonds. The summed E-state index contributed by atoms with van der Waals surface area (Å²) in [6.45, 7) is 11.6. The van der Waals surface area contributed by atoms with Gasteiger partial charge in [0.2, 0.25) is 0 Å². The highest BCUT2D eigenvalue weighted by Crippen LogP contribution is 2.26. The average molecular weight is 575 g/mol. The van der Waals surface area contributed by atoms with Crippen LogP contribution in [0.4, 0.5) is 0 Å². The highest BCUT2D eigenvalue weighted by Gasteiger charge is 2.34. The minimum absolute atomic E-state index is 0. The first kappa shape index (κ1) is 28.3. The summed E-state index contributed by atoms with van der Waals surface area (Å²) in [5.74, 6) is 1.44. The topological polar surface area (TPSA) is 76.1 Å². The van der Waals surface area contributed by atoms with Crippen molar-refractivity contribution in [1.82, 2.24) is 16.0 Å². The van der Waals surface area contributed by atoms with Crippen molar-refractivity contribution in [3.8, 4) is 0 Å². The molecule has 8 heteroatoms. The second-order valence-corrected chi connectivity index (χ2v) is 8.95. The molecule has 1 aromatic carbocycles. The molecule has 2 aliphatic rings. The first-order valence-electron chi connectivity index (χ1n) is 12.3. The van der Waals surface area contributed by atoms with E-state index in [2.05, 4.69) is 60.1 Å². The number of halogens is 1. The molecule has 2 fully saturated rings. The molecule has 0 saturated carbocycles. The molecule has 0 aromatic heterocycles. The molecule has 0 radical (unpaired) electrons. The second kappa shape index (κ2) is 15.9. The van der Waals surface area contributed by atoms with Crippen molar-refractivity contribution < 1.29 is 14.2 Å². The molecule has 2 unspecified atom stereocenters. The molecule has 3 N–H and O–H groups in total. The van der Waals surface area contributed by atoms with Gasteiger partial charge in [-0.15, -0.1) is 24.0 Å². The van der Waals surface area contributed by atoms with E-state index < -0.39 is 0 Å². The third-order valence-corrected chi connectivity index (χ3v) is 6.29. The molecular formula is C25H43IN4O3. The lowest BCUT2D eigenvalue weighted by Gasteiger charge is -2.39. The molecule has 2 saturated heterocycles. The van der Waals surface area contributed by atoms with Crippen molar-refractivity contribution in [2.45, 2.75) is 51.1 Å². The molecule has 0 bridgehead atoms. The smallest absolute Gasteiger partial charge is 0.191 e. The number of guanidine groups is 1. The maximum atomic E-state index is 5.81. The van der Waals surface area contributed by atoms with Crippen LogP contribution in [0.25, 0.3) is 0 Å².